The molecule has 3 heterocycles. The van der Waals surface area contributed by atoms with Gasteiger partial charge in [-0.1, -0.05) is 72.8 Å². The van der Waals surface area contributed by atoms with Crippen molar-refractivity contribution in [2.75, 3.05) is 19.5 Å². The van der Waals surface area contributed by atoms with Gasteiger partial charge in [0, 0.05) is 11.8 Å². The lowest BCUT2D eigenvalue weighted by Gasteiger charge is -2.17. The number of rotatable bonds is 7. The Hall–Kier alpha value is -5.17. The van der Waals surface area contributed by atoms with Gasteiger partial charge in [0.05, 0.1) is 37.2 Å². The van der Waals surface area contributed by atoms with Crippen molar-refractivity contribution in [1.29, 1.82) is 0 Å². The van der Waals surface area contributed by atoms with Gasteiger partial charge < -0.3 is 14.8 Å². The van der Waals surface area contributed by atoms with Crippen LogP contribution in [0.1, 0.15) is 0 Å². The quantitative estimate of drug-likeness (QED) is 0.258. The van der Waals surface area contributed by atoms with E-state index in [0.29, 0.717) is 17.3 Å². The van der Waals surface area contributed by atoms with E-state index in [1.165, 1.54) is 0 Å². The van der Waals surface area contributed by atoms with Gasteiger partial charge in [0.2, 0.25) is 5.88 Å². The van der Waals surface area contributed by atoms with Crippen LogP contribution >= 0.6 is 0 Å². The molecule has 0 aliphatic rings. The first-order valence-corrected chi connectivity index (χ1v) is 12.2. The van der Waals surface area contributed by atoms with Crippen LogP contribution in [0.5, 0.6) is 11.6 Å². The molecule has 0 radical (unpaired) electrons. The van der Waals surface area contributed by atoms with Crippen molar-refractivity contribution in [2.24, 2.45) is 0 Å². The lowest BCUT2D eigenvalue weighted by atomic mass is 10.0. The molecule has 0 saturated carbocycles. The van der Waals surface area contributed by atoms with Crippen molar-refractivity contribution in [2.45, 2.75) is 0 Å². The van der Waals surface area contributed by atoms with E-state index in [4.69, 9.17) is 19.6 Å². The summed E-state index contributed by atoms with van der Waals surface area (Å²) in [6, 6.07) is 32.0. The molecule has 6 rings (SSSR count). The van der Waals surface area contributed by atoms with Crippen molar-refractivity contribution < 1.29 is 9.47 Å². The third-order valence-electron chi connectivity index (χ3n) is 6.33. The minimum absolute atomic E-state index is 0.561. The Labute approximate surface area is 220 Å². The van der Waals surface area contributed by atoms with Gasteiger partial charge in [-0.15, -0.1) is 0 Å². The summed E-state index contributed by atoms with van der Waals surface area (Å²) >= 11 is 0. The summed E-state index contributed by atoms with van der Waals surface area (Å²) in [6.45, 7) is 0. The predicted octanol–water partition coefficient (Wildman–Crippen LogP) is 6.89. The maximum absolute atomic E-state index is 6.06. The van der Waals surface area contributed by atoms with Crippen molar-refractivity contribution in [3.63, 3.8) is 0 Å². The number of methoxy groups -OCH3 is 2. The van der Waals surface area contributed by atoms with Gasteiger partial charge in [0.1, 0.15) is 17.3 Å². The zero-order valence-electron chi connectivity index (χ0n) is 21.0. The molecular weight excluding hydrogens is 474 g/mol. The van der Waals surface area contributed by atoms with Crippen LogP contribution in [0.25, 0.3) is 39.2 Å². The topological polar surface area (TPSA) is 73.6 Å². The largest absolute Gasteiger partial charge is 0.497 e. The standard InChI is InChI=1S/C31H25N5O2/c1-37-25-17-15-22(16-18-25)27-29(33-24-14-9-19-32-20-24)34-30-26(21-10-5-3-6-11-21)28(23-12-7-4-8-13-23)35-36(30)31(27)38-2/h3-20H,1-2H3,(H,33,34). The summed E-state index contributed by atoms with van der Waals surface area (Å²) in [4.78, 5) is 9.44. The van der Waals surface area contributed by atoms with Gasteiger partial charge in [0.15, 0.2) is 5.65 Å². The number of nitrogens with zero attached hydrogens (tertiary/aromatic N) is 4. The Morgan fingerprint density at radius 1 is 0.684 bits per heavy atom. The summed E-state index contributed by atoms with van der Waals surface area (Å²) in [5.41, 5.74) is 6.91. The lowest BCUT2D eigenvalue weighted by Crippen LogP contribution is -2.06. The molecule has 0 atom stereocenters. The summed E-state index contributed by atoms with van der Waals surface area (Å²) < 4.78 is 13.2. The molecule has 7 heteroatoms. The molecule has 3 aromatic heterocycles. The van der Waals surface area contributed by atoms with Gasteiger partial charge >= 0.3 is 0 Å². The van der Waals surface area contributed by atoms with Crippen LogP contribution in [-0.4, -0.2) is 33.8 Å². The second kappa shape index (κ2) is 10.1. The molecule has 1 N–H and O–H groups in total. The van der Waals surface area contributed by atoms with Gasteiger partial charge in [-0.2, -0.15) is 9.61 Å². The van der Waals surface area contributed by atoms with E-state index >= 15 is 0 Å². The molecule has 3 aromatic carbocycles. The van der Waals surface area contributed by atoms with Gasteiger partial charge in [-0.05, 0) is 35.4 Å². The highest BCUT2D eigenvalue weighted by Crippen LogP contribution is 2.42. The fraction of sp³-hybridized carbons (Fsp3) is 0.0645. The van der Waals surface area contributed by atoms with Crippen LogP contribution < -0.4 is 14.8 Å². The highest BCUT2D eigenvalue weighted by atomic mass is 16.5. The normalized spacial score (nSPS) is 10.9. The molecule has 0 amide bonds. The Bertz CT molecular complexity index is 1680. The molecule has 0 aliphatic carbocycles. The number of ether oxygens (including phenoxy) is 2. The number of hydrogen-bond donors (Lipinski definition) is 1. The summed E-state index contributed by atoms with van der Waals surface area (Å²) in [7, 11) is 3.31. The smallest absolute Gasteiger partial charge is 0.228 e. The Morgan fingerprint density at radius 2 is 1.37 bits per heavy atom. The van der Waals surface area contributed by atoms with Gasteiger partial charge in [0.25, 0.3) is 0 Å². The fourth-order valence-corrected chi connectivity index (χ4v) is 4.56. The number of hydrogen-bond acceptors (Lipinski definition) is 6. The maximum Gasteiger partial charge on any atom is 0.228 e. The molecule has 0 unspecified atom stereocenters. The summed E-state index contributed by atoms with van der Waals surface area (Å²) in [6.07, 6.45) is 3.50. The Kier molecular flexibility index (Phi) is 6.16. The van der Waals surface area contributed by atoms with Crippen molar-refractivity contribution in [3.05, 3.63) is 109 Å². The van der Waals surface area contributed by atoms with Crippen LogP contribution in [-0.2, 0) is 0 Å². The van der Waals surface area contributed by atoms with E-state index < -0.39 is 0 Å². The van der Waals surface area contributed by atoms with Crippen LogP contribution in [0.15, 0.2) is 109 Å². The molecule has 7 nitrogen and oxygen atoms in total. The third kappa shape index (κ3) is 4.20. The number of aromatic nitrogens is 4. The first-order valence-electron chi connectivity index (χ1n) is 12.2. The van der Waals surface area contributed by atoms with Crippen molar-refractivity contribution in [3.8, 4) is 45.1 Å². The first kappa shape index (κ1) is 23.2. The van der Waals surface area contributed by atoms with Crippen molar-refractivity contribution >= 4 is 17.2 Å². The zero-order valence-corrected chi connectivity index (χ0v) is 21.0. The summed E-state index contributed by atoms with van der Waals surface area (Å²) in [5, 5.41) is 8.53. The minimum Gasteiger partial charge on any atom is -0.497 e. The molecule has 0 aliphatic heterocycles. The lowest BCUT2D eigenvalue weighted by molar-refractivity contribution is 0.387. The SMILES string of the molecule is COc1ccc(-c2c(Nc3cccnc3)nc3c(-c4ccccc4)c(-c4ccccc4)nn3c2OC)cc1. The Morgan fingerprint density at radius 3 is 2.00 bits per heavy atom. The number of pyridine rings is 1. The van der Waals surface area contributed by atoms with E-state index in [-0.39, 0.29) is 0 Å². The molecule has 0 fully saturated rings. The van der Waals surface area contributed by atoms with E-state index in [1.807, 2.05) is 72.8 Å². The molecule has 6 aromatic rings. The van der Waals surface area contributed by atoms with E-state index in [0.717, 1.165) is 44.9 Å². The van der Waals surface area contributed by atoms with Crippen LogP contribution in [0.2, 0.25) is 0 Å². The van der Waals surface area contributed by atoms with E-state index in [1.54, 1.807) is 31.1 Å². The summed E-state index contributed by atoms with van der Waals surface area (Å²) in [5.74, 6) is 1.95. The molecule has 0 saturated heterocycles. The van der Waals surface area contributed by atoms with Crippen LogP contribution in [0, 0.1) is 0 Å². The average Bonchev–Trinajstić information content (AvgIpc) is 3.37. The highest BCUT2D eigenvalue weighted by Gasteiger charge is 2.25. The van der Waals surface area contributed by atoms with Crippen LogP contribution in [0.4, 0.5) is 11.5 Å². The molecule has 0 bridgehead atoms. The Balaban J connectivity index is 1.69. The predicted molar refractivity (Wildman–Crippen MR) is 150 cm³/mol. The van der Waals surface area contributed by atoms with Crippen molar-refractivity contribution in [1.82, 2.24) is 19.6 Å². The minimum atomic E-state index is 0.561. The second-order valence-corrected chi connectivity index (χ2v) is 8.63. The van der Waals surface area contributed by atoms with E-state index in [2.05, 4.69) is 34.6 Å². The highest BCUT2D eigenvalue weighted by molar-refractivity contribution is 5.94. The number of anilines is 2. The molecular formula is C31H25N5O2. The van der Waals surface area contributed by atoms with E-state index in [9.17, 15) is 0 Å². The molecule has 186 valence electrons. The van der Waals surface area contributed by atoms with Gasteiger partial charge in [-0.3, -0.25) is 4.98 Å². The number of benzene rings is 3. The average molecular weight is 500 g/mol. The zero-order chi connectivity index (χ0) is 25.9. The maximum atomic E-state index is 6.06. The first-order chi connectivity index (χ1) is 18.8. The fourth-order valence-electron chi connectivity index (χ4n) is 4.56. The third-order valence-corrected chi connectivity index (χ3v) is 6.33. The molecule has 0 spiro atoms. The second-order valence-electron chi connectivity index (χ2n) is 8.63. The number of fused-ring (bicyclic) bond motifs is 1. The monoisotopic (exact) mass is 499 g/mol. The van der Waals surface area contributed by atoms with Crippen LogP contribution in [0.3, 0.4) is 0 Å². The molecule has 38 heavy (non-hydrogen) atoms. The van der Waals surface area contributed by atoms with Gasteiger partial charge in [-0.25, -0.2) is 4.98 Å². The number of nitrogens with one attached hydrogen (secondary N) is 1.